The second kappa shape index (κ2) is 7.52. The van der Waals surface area contributed by atoms with Crippen LogP contribution in [-0.4, -0.2) is 14.9 Å². The first kappa shape index (κ1) is 18.9. The van der Waals surface area contributed by atoms with E-state index in [9.17, 15) is 17.6 Å². The molecule has 146 valence electrons. The van der Waals surface area contributed by atoms with Crippen molar-refractivity contribution >= 4 is 0 Å². The van der Waals surface area contributed by atoms with Gasteiger partial charge in [-0.05, 0) is 6.07 Å². The SMILES string of the molecule is OCc1c(F)c(F)c(-n2nc(-c3ccccc3)cc2-c2ccccc2)c(F)c1F. The van der Waals surface area contributed by atoms with Gasteiger partial charge in [0.15, 0.2) is 23.3 Å². The van der Waals surface area contributed by atoms with E-state index in [0.29, 0.717) is 16.8 Å². The van der Waals surface area contributed by atoms with Gasteiger partial charge in [-0.15, -0.1) is 0 Å². The van der Waals surface area contributed by atoms with Gasteiger partial charge in [-0.2, -0.15) is 5.10 Å². The molecule has 4 aromatic rings. The molecule has 0 saturated carbocycles. The third-order valence-corrected chi connectivity index (χ3v) is 4.55. The van der Waals surface area contributed by atoms with Crippen LogP contribution in [0.25, 0.3) is 28.2 Å². The van der Waals surface area contributed by atoms with Gasteiger partial charge in [0.1, 0.15) is 5.69 Å². The molecule has 1 heterocycles. The minimum Gasteiger partial charge on any atom is -0.391 e. The van der Waals surface area contributed by atoms with Gasteiger partial charge in [0.2, 0.25) is 0 Å². The number of aromatic nitrogens is 2. The Morgan fingerprint density at radius 2 is 1.24 bits per heavy atom. The van der Waals surface area contributed by atoms with Gasteiger partial charge < -0.3 is 5.11 Å². The van der Waals surface area contributed by atoms with Crippen LogP contribution < -0.4 is 0 Å². The Hall–Kier alpha value is -3.45. The summed E-state index contributed by atoms with van der Waals surface area (Å²) in [6.45, 7) is -1.17. The Labute approximate surface area is 163 Å². The van der Waals surface area contributed by atoms with Crippen LogP contribution in [0.5, 0.6) is 0 Å². The standard InChI is InChI=1S/C22H14F4N2O/c23-18-15(12-29)19(24)21(26)22(20(18)25)28-17(14-9-5-2-6-10-14)11-16(27-28)13-7-3-1-4-8-13/h1-11,29H,12H2. The lowest BCUT2D eigenvalue weighted by molar-refractivity contribution is 0.262. The minimum absolute atomic E-state index is 0.248. The van der Waals surface area contributed by atoms with Gasteiger partial charge in [-0.3, -0.25) is 0 Å². The van der Waals surface area contributed by atoms with Gasteiger partial charge >= 0.3 is 0 Å². The van der Waals surface area contributed by atoms with Crippen LogP contribution in [0.1, 0.15) is 5.56 Å². The Kier molecular flexibility index (Phi) is 4.90. The van der Waals surface area contributed by atoms with E-state index in [0.717, 1.165) is 4.68 Å². The molecule has 1 aromatic heterocycles. The molecule has 29 heavy (non-hydrogen) atoms. The lowest BCUT2D eigenvalue weighted by Gasteiger charge is -2.13. The Bertz CT molecular complexity index is 1150. The second-order valence-electron chi connectivity index (χ2n) is 6.30. The first-order valence-corrected chi connectivity index (χ1v) is 8.70. The molecule has 0 spiro atoms. The van der Waals surface area contributed by atoms with E-state index in [1.807, 2.05) is 0 Å². The molecule has 0 fully saturated rings. The van der Waals surface area contributed by atoms with E-state index in [-0.39, 0.29) is 5.69 Å². The number of rotatable bonds is 4. The molecule has 0 radical (unpaired) electrons. The molecule has 7 heteroatoms. The first-order chi connectivity index (χ1) is 14.0. The summed E-state index contributed by atoms with van der Waals surface area (Å²) < 4.78 is 58.8. The van der Waals surface area contributed by atoms with Crippen molar-refractivity contribution in [2.75, 3.05) is 0 Å². The van der Waals surface area contributed by atoms with Crippen LogP contribution in [-0.2, 0) is 6.61 Å². The highest BCUT2D eigenvalue weighted by Gasteiger charge is 2.28. The molecule has 0 unspecified atom stereocenters. The maximum Gasteiger partial charge on any atom is 0.188 e. The third kappa shape index (κ3) is 3.19. The highest BCUT2D eigenvalue weighted by molar-refractivity contribution is 5.70. The Balaban J connectivity index is 2.03. The molecule has 4 rings (SSSR count). The van der Waals surface area contributed by atoms with Crippen molar-refractivity contribution < 1.29 is 22.7 Å². The maximum atomic E-state index is 14.7. The van der Waals surface area contributed by atoms with Crippen LogP contribution in [0.3, 0.4) is 0 Å². The number of aliphatic hydroxyl groups is 1. The molecule has 0 aliphatic carbocycles. The molecular formula is C22H14F4N2O. The van der Waals surface area contributed by atoms with Gasteiger partial charge in [0.25, 0.3) is 0 Å². The van der Waals surface area contributed by atoms with Crippen molar-refractivity contribution in [2.45, 2.75) is 6.61 Å². The van der Waals surface area contributed by atoms with Crippen LogP contribution in [0.4, 0.5) is 17.6 Å². The molecule has 0 bridgehead atoms. The van der Waals surface area contributed by atoms with E-state index in [2.05, 4.69) is 5.10 Å². The molecule has 0 amide bonds. The number of aliphatic hydroxyl groups excluding tert-OH is 1. The largest absolute Gasteiger partial charge is 0.391 e. The van der Waals surface area contributed by atoms with Gasteiger partial charge in [0, 0.05) is 11.1 Å². The number of hydrogen-bond acceptors (Lipinski definition) is 2. The summed E-state index contributed by atoms with van der Waals surface area (Å²) in [6.07, 6.45) is 0. The predicted octanol–water partition coefficient (Wildman–Crippen LogP) is 5.26. The fourth-order valence-corrected chi connectivity index (χ4v) is 3.11. The predicted molar refractivity (Wildman–Crippen MR) is 100 cm³/mol. The second-order valence-corrected chi connectivity index (χ2v) is 6.30. The molecule has 0 atom stereocenters. The summed E-state index contributed by atoms with van der Waals surface area (Å²) in [5.74, 6) is -6.57. The van der Waals surface area contributed by atoms with E-state index < -0.39 is 41.1 Å². The number of nitrogens with zero attached hydrogens (tertiary/aromatic N) is 2. The monoisotopic (exact) mass is 398 g/mol. The van der Waals surface area contributed by atoms with E-state index in [1.54, 1.807) is 66.7 Å². The van der Waals surface area contributed by atoms with Crippen molar-refractivity contribution in [3.8, 4) is 28.2 Å². The van der Waals surface area contributed by atoms with E-state index in [1.165, 1.54) is 0 Å². The summed E-state index contributed by atoms with van der Waals surface area (Å²) in [5, 5.41) is 13.3. The number of hydrogen-bond donors (Lipinski definition) is 1. The molecule has 0 aliphatic rings. The van der Waals surface area contributed by atoms with Crippen molar-refractivity contribution in [2.24, 2.45) is 0 Å². The van der Waals surface area contributed by atoms with E-state index >= 15 is 0 Å². The van der Waals surface area contributed by atoms with Crippen molar-refractivity contribution in [3.63, 3.8) is 0 Å². The highest BCUT2D eigenvalue weighted by Crippen LogP contribution is 2.33. The average molecular weight is 398 g/mol. The summed E-state index contributed by atoms with van der Waals surface area (Å²) >= 11 is 0. The first-order valence-electron chi connectivity index (χ1n) is 8.70. The third-order valence-electron chi connectivity index (χ3n) is 4.55. The van der Waals surface area contributed by atoms with E-state index in [4.69, 9.17) is 5.11 Å². The zero-order valence-electron chi connectivity index (χ0n) is 14.9. The Morgan fingerprint density at radius 3 is 1.76 bits per heavy atom. The van der Waals surface area contributed by atoms with Gasteiger partial charge in [0.05, 0.1) is 23.6 Å². The smallest absolute Gasteiger partial charge is 0.188 e. The number of benzene rings is 3. The summed E-state index contributed by atoms with van der Waals surface area (Å²) in [7, 11) is 0. The lowest BCUT2D eigenvalue weighted by atomic mass is 10.1. The van der Waals surface area contributed by atoms with Crippen LogP contribution in [0.2, 0.25) is 0 Å². The van der Waals surface area contributed by atoms with Crippen molar-refractivity contribution in [3.05, 3.63) is 95.6 Å². The lowest BCUT2D eigenvalue weighted by Crippen LogP contribution is -2.12. The maximum absolute atomic E-state index is 14.7. The zero-order chi connectivity index (χ0) is 20.5. The average Bonchev–Trinajstić information content (AvgIpc) is 3.19. The molecule has 1 N–H and O–H groups in total. The summed E-state index contributed by atoms with van der Waals surface area (Å²) in [5.41, 5.74) is -0.225. The van der Waals surface area contributed by atoms with Crippen LogP contribution in [0.15, 0.2) is 66.7 Å². The molecule has 0 aliphatic heterocycles. The highest BCUT2D eigenvalue weighted by atomic mass is 19.2. The quantitative estimate of drug-likeness (QED) is 0.376. The topological polar surface area (TPSA) is 38.0 Å². The summed E-state index contributed by atoms with van der Waals surface area (Å²) in [4.78, 5) is 0. The number of halogens is 4. The van der Waals surface area contributed by atoms with Crippen LogP contribution >= 0.6 is 0 Å². The Morgan fingerprint density at radius 1 is 0.724 bits per heavy atom. The summed E-state index contributed by atoms with van der Waals surface area (Å²) in [6, 6.07) is 19.0. The molecular weight excluding hydrogens is 384 g/mol. The fourth-order valence-electron chi connectivity index (χ4n) is 3.11. The molecule has 3 nitrogen and oxygen atoms in total. The fraction of sp³-hybridized carbons (Fsp3) is 0.0455. The molecule has 0 saturated heterocycles. The zero-order valence-corrected chi connectivity index (χ0v) is 14.9. The van der Waals surface area contributed by atoms with Crippen molar-refractivity contribution in [1.29, 1.82) is 0 Å². The van der Waals surface area contributed by atoms with Gasteiger partial charge in [-0.1, -0.05) is 60.7 Å². The normalized spacial score (nSPS) is 11.1. The van der Waals surface area contributed by atoms with Crippen molar-refractivity contribution in [1.82, 2.24) is 9.78 Å². The van der Waals surface area contributed by atoms with Crippen LogP contribution in [0, 0.1) is 23.3 Å². The van der Waals surface area contributed by atoms with Gasteiger partial charge in [-0.25, -0.2) is 22.2 Å². The minimum atomic E-state index is -1.66. The molecule has 3 aromatic carbocycles.